The van der Waals surface area contributed by atoms with E-state index in [2.05, 4.69) is 5.32 Å². The Balaban J connectivity index is 4.05. The van der Waals surface area contributed by atoms with Gasteiger partial charge in [0.1, 0.15) is 0 Å². The molecule has 0 atom stereocenters. The van der Waals surface area contributed by atoms with Crippen LogP contribution in [0.15, 0.2) is 0 Å². The molecule has 0 rings (SSSR count). The molecule has 0 aliphatic carbocycles. The maximum atomic E-state index is 11.3. The Morgan fingerprint density at radius 3 is 2.33 bits per heavy atom. The Hall–Kier alpha value is -1.30. The number of hydrogen-bond donors (Lipinski definition) is 3. The van der Waals surface area contributed by atoms with Crippen LogP contribution in [0.4, 0.5) is 4.79 Å². The van der Waals surface area contributed by atoms with Crippen LogP contribution in [0.1, 0.15) is 13.8 Å². The molecule has 0 saturated carbocycles. The second-order valence-electron chi connectivity index (χ2n) is 3.99. The Bertz CT molecular complexity index is 240. The van der Waals surface area contributed by atoms with Crippen molar-refractivity contribution in [1.29, 1.82) is 0 Å². The van der Waals surface area contributed by atoms with Crippen LogP contribution in [0.2, 0.25) is 0 Å². The summed E-state index contributed by atoms with van der Waals surface area (Å²) in [5.41, 5.74) is -0.990. The van der Waals surface area contributed by atoms with E-state index in [1.807, 2.05) is 0 Å². The maximum absolute atomic E-state index is 11.3. The highest BCUT2D eigenvalue weighted by atomic mass is 16.4. The molecule has 0 heterocycles. The van der Waals surface area contributed by atoms with E-state index < -0.39 is 17.4 Å². The van der Waals surface area contributed by atoms with Crippen molar-refractivity contribution in [1.82, 2.24) is 10.2 Å². The average molecular weight is 218 g/mol. The summed E-state index contributed by atoms with van der Waals surface area (Å²) in [6, 6.07) is -0.390. The monoisotopic (exact) mass is 218 g/mol. The minimum atomic E-state index is -0.990. The van der Waals surface area contributed by atoms with E-state index in [4.69, 9.17) is 10.2 Å². The number of aliphatic carboxylic acids is 1. The van der Waals surface area contributed by atoms with Crippen molar-refractivity contribution in [3.8, 4) is 0 Å². The fourth-order valence-electron chi connectivity index (χ4n) is 0.759. The molecule has 0 bridgehead atoms. The lowest BCUT2D eigenvalue weighted by Gasteiger charge is -2.22. The van der Waals surface area contributed by atoms with Crippen LogP contribution in [-0.2, 0) is 4.79 Å². The Labute approximate surface area is 88.9 Å². The maximum Gasteiger partial charge on any atom is 0.317 e. The SMILES string of the molecule is CN(CCO)C(=O)NCC(C)(C)C(=O)O. The Morgan fingerprint density at radius 1 is 1.40 bits per heavy atom. The third-order valence-corrected chi connectivity index (χ3v) is 2.04. The van der Waals surface area contributed by atoms with Gasteiger partial charge in [-0.3, -0.25) is 4.79 Å². The lowest BCUT2D eigenvalue weighted by molar-refractivity contribution is -0.146. The van der Waals surface area contributed by atoms with Gasteiger partial charge in [-0.25, -0.2) is 4.79 Å². The molecular weight excluding hydrogens is 200 g/mol. The number of nitrogens with one attached hydrogen (secondary N) is 1. The van der Waals surface area contributed by atoms with Gasteiger partial charge < -0.3 is 20.4 Å². The molecule has 0 radical (unpaired) electrons. The number of aliphatic hydroxyl groups is 1. The van der Waals surface area contributed by atoms with Crippen LogP contribution in [0.25, 0.3) is 0 Å². The largest absolute Gasteiger partial charge is 0.481 e. The molecule has 0 unspecified atom stereocenters. The molecule has 0 saturated heterocycles. The predicted octanol–water partition coefficient (Wildman–Crippen LogP) is -0.269. The third kappa shape index (κ3) is 4.64. The molecule has 0 spiro atoms. The fraction of sp³-hybridized carbons (Fsp3) is 0.778. The van der Waals surface area contributed by atoms with Gasteiger partial charge in [-0.1, -0.05) is 0 Å². The summed E-state index contributed by atoms with van der Waals surface area (Å²) in [7, 11) is 1.53. The van der Waals surface area contributed by atoms with Crippen LogP contribution >= 0.6 is 0 Å². The highest BCUT2D eigenvalue weighted by molar-refractivity contribution is 5.77. The quantitative estimate of drug-likeness (QED) is 0.592. The van der Waals surface area contributed by atoms with Crippen molar-refractivity contribution in [2.75, 3.05) is 26.7 Å². The molecule has 0 aromatic heterocycles. The van der Waals surface area contributed by atoms with Crippen molar-refractivity contribution in [3.05, 3.63) is 0 Å². The molecular formula is C9H18N2O4. The van der Waals surface area contributed by atoms with E-state index in [1.165, 1.54) is 25.8 Å². The predicted molar refractivity (Wildman–Crippen MR) is 54.5 cm³/mol. The van der Waals surface area contributed by atoms with Gasteiger partial charge in [0.15, 0.2) is 0 Å². The van der Waals surface area contributed by atoms with Crippen LogP contribution in [0.3, 0.4) is 0 Å². The molecule has 0 aromatic rings. The van der Waals surface area contributed by atoms with E-state index in [1.54, 1.807) is 0 Å². The number of carbonyl (C=O) groups is 2. The van der Waals surface area contributed by atoms with Crippen LogP contribution in [0, 0.1) is 5.41 Å². The first kappa shape index (κ1) is 13.7. The zero-order chi connectivity index (χ0) is 12.1. The summed E-state index contributed by atoms with van der Waals surface area (Å²) in [6.07, 6.45) is 0. The van der Waals surface area contributed by atoms with Gasteiger partial charge in [0.25, 0.3) is 0 Å². The van der Waals surface area contributed by atoms with Gasteiger partial charge in [0.05, 0.1) is 12.0 Å². The van der Waals surface area contributed by atoms with Gasteiger partial charge in [-0.15, -0.1) is 0 Å². The average Bonchev–Trinajstić information content (AvgIpc) is 2.14. The minimum Gasteiger partial charge on any atom is -0.481 e. The Kier molecular flexibility index (Phi) is 5.07. The second-order valence-corrected chi connectivity index (χ2v) is 3.99. The third-order valence-electron chi connectivity index (χ3n) is 2.04. The molecule has 15 heavy (non-hydrogen) atoms. The van der Waals surface area contributed by atoms with Gasteiger partial charge in [-0.05, 0) is 13.8 Å². The summed E-state index contributed by atoms with van der Waals surface area (Å²) in [5.74, 6) is -0.965. The summed E-state index contributed by atoms with van der Waals surface area (Å²) in [6.45, 7) is 3.21. The number of carbonyl (C=O) groups excluding carboxylic acids is 1. The summed E-state index contributed by atoms with van der Waals surface area (Å²) < 4.78 is 0. The van der Waals surface area contributed by atoms with Crippen molar-refractivity contribution in [3.63, 3.8) is 0 Å². The van der Waals surface area contributed by atoms with Crippen LogP contribution < -0.4 is 5.32 Å². The normalized spacial score (nSPS) is 10.9. The van der Waals surface area contributed by atoms with Crippen LogP contribution in [-0.4, -0.2) is 53.9 Å². The molecule has 88 valence electrons. The smallest absolute Gasteiger partial charge is 0.317 e. The molecule has 6 heteroatoms. The first-order chi connectivity index (χ1) is 6.81. The number of amides is 2. The number of hydrogen-bond acceptors (Lipinski definition) is 3. The molecule has 3 N–H and O–H groups in total. The van der Waals surface area contributed by atoms with E-state index in [0.29, 0.717) is 0 Å². The summed E-state index contributed by atoms with van der Waals surface area (Å²) >= 11 is 0. The molecule has 0 aromatic carbocycles. The van der Waals surface area contributed by atoms with E-state index in [0.717, 1.165) is 0 Å². The van der Waals surface area contributed by atoms with Gasteiger partial charge in [0.2, 0.25) is 0 Å². The summed E-state index contributed by atoms with van der Waals surface area (Å²) in [5, 5.41) is 19.9. The molecule has 6 nitrogen and oxygen atoms in total. The first-order valence-electron chi connectivity index (χ1n) is 4.64. The van der Waals surface area contributed by atoms with Gasteiger partial charge >= 0.3 is 12.0 Å². The lowest BCUT2D eigenvalue weighted by Crippen LogP contribution is -2.44. The number of likely N-dealkylation sites (N-methyl/N-ethyl adjacent to an activating group) is 1. The number of rotatable bonds is 5. The van der Waals surface area contributed by atoms with Crippen LogP contribution in [0.5, 0.6) is 0 Å². The number of carboxylic acids is 1. The van der Waals surface area contributed by atoms with E-state index in [-0.39, 0.29) is 19.7 Å². The zero-order valence-electron chi connectivity index (χ0n) is 9.28. The standard InChI is InChI=1S/C9H18N2O4/c1-9(2,7(13)14)6-10-8(15)11(3)4-5-12/h12H,4-6H2,1-3H3,(H,10,15)(H,13,14). The number of urea groups is 1. The van der Waals surface area contributed by atoms with Crippen molar-refractivity contribution in [2.45, 2.75) is 13.8 Å². The number of aliphatic hydroxyl groups excluding tert-OH is 1. The number of carboxylic acid groups (broad SMARTS) is 1. The Morgan fingerprint density at radius 2 is 1.93 bits per heavy atom. The fourth-order valence-corrected chi connectivity index (χ4v) is 0.759. The first-order valence-corrected chi connectivity index (χ1v) is 4.64. The number of nitrogens with zero attached hydrogens (tertiary/aromatic N) is 1. The molecule has 0 aliphatic rings. The highest BCUT2D eigenvalue weighted by Crippen LogP contribution is 2.12. The minimum absolute atomic E-state index is 0.0525. The van der Waals surface area contributed by atoms with Gasteiger partial charge in [-0.2, -0.15) is 0 Å². The molecule has 0 aliphatic heterocycles. The molecule has 0 fully saturated rings. The summed E-state index contributed by atoms with van der Waals surface area (Å²) in [4.78, 5) is 23.3. The lowest BCUT2D eigenvalue weighted by atomic mass is 9.94. The zero-order valence-corrected chi connectivity index (χ0v) is 9.28. The van der Waals surface area contributed by atoms with Crippen molar-refractivity contribution < 1.29 is 19.8 Å². The second kappa shape index (κ2) is 5.55. The van der Waals surface area contributed by atoms with Gasteiger partial charge in [0, 0.05) is 20.1 Å². The topological polar surface area (TPSA) is 89.9 Å². The molecule has 2 amide bonds. The highest BCUT2D eigenvalue weighted by Gasteiger charge is 2.27. The van der Waals surface area contributed by atoms with E-state index in [9.17, 15) is 9.59 Å². The van der Waals surface area contributed by atoms with Crippen molar-refractivity contribution in [2.24, 2.45) is 5.41 Å². The van der Waals surface area contributed by atoms with E-state index >= 15 is 0 Å². The van der Waals surface area contributed by atoms with Crippen molar-refractivity contribution >= 4 is 12.0 Å².